The molecule has 0 fully saturated rings. The van der Waals surface area contributed by atoms with Gasteiger partial charge in [-0.3, -0.25) is 9.59 Å². The van der Waals surface area contributed by atoms with Gasteiger partial charge in [-0.25, -0.2) is 4.79 Å². The molecule has 3 aromatic rings. The molecule has 0 bridgehead atoms. The standard InChI is InChI=1S/C32H37ClN4O4.C3H9N.ClH/c1-21-9-6-7-10-25(21)30(38)35-24-13-14-26(22(2)19-24)31(39)36-17-8-11-29(27-20-23(33)12-15-28(27)36)41-32(40)34-16-18-37(3,4)5;1-4(2)3;/h6-7,9-10,12-15,19-20,29H,8,11,16-18H2,1-5H3,(H-,34,35,38,39,40);1-3H3;1H. The molecule has 9 nitrogen and oxygen atoms in total. The van der Waals surface area contributed by atoms with Gasteiger partial charge in [0.25, 0.3) is 11.8 Å². The second-order valence-corrected chi connectivity index (χ2v) is 13.2. The molecule has 46 heavy (non-hydrogen) atoms. The molecule has 1 atom stereocenters. The molecule has 0 aromatic heterocycles. The number of nitrogens with zero attached hydrogens (tertiary/aromatic N) is 3. The van der Waals surface area contributed by atoms with Gasteiger partial charge in [0.05, 0.1) is 39.9 Å². The van der Waals surface area contributed by atoms with Crippen LogP contribution in [-0.2, 0) is 4.74 Å². The number of likely N-dealkylation sites (N-methyl/N-ethyl adjacent to an activating group) is 1. The lowest BCUT2D eigenvalue weighted by molar-refractivity contribution is -0.869. The third-order valence-electron chi connectivity index (χ3n) is 7.13. The van der Waals surface area contributed by atoms with Crippen molar-refractivity contribution in [1.82, 2.24) is 10.2 Å². The zero-order chi connectivity index (χ0) is 33.3. The summed E-state index contributed by atoms with van der Waals surface area (Å²) in [4.78, 5) is 43.0. The average molecular weight is 673 g/mol. The molecule has 3 aromatic carbocycles. The SMILES string of the molecule is CN(C)C.Cc1ccccc1C(=O)Nc1ccc(C(=O)N2CCCC(OC(=O)NCC[N+](C)(C)C)c3cc(Cl)ccc32)c(C)c1.[Cl-]. The monoisotopic (exact) mass is 671 g/mol. The Balaban J connectivity index is 0.00000139. The van der Waals surface area contributed by atoms with Crippen molar-refractivity contribution in [3.8, 4) is 0 Å². The number of anilines is 2. The fourth-order valence-corrected chi connectivity index (χ4v) is 5.07. The summed E-state index contributed by atoms with van der Waals surface area (Å²) in [5, 5.41) is 6.26. The van der Waals surface area contributed by atoms with Crippen LogP contribution < -0.4 is 27.9 Å². The van der Waals surface area contributed by atoms with Crippen LogP contribution in [0.2, 0.25) is 5.02 Å². The van der Waals surface area contributed by atoms with Gasteiger partial charge >= 0.3 is 6.09 Å². The van der Waals surface area contributed by atoms with E-state index in [1.807, 2.05) is 58.1 Å². The van der Waals surface area contributed by atoms with Crippen molar-refractivity contribution < 1.29 is 36.0 Å². The Bertz CT molecular complexity index is 1500. The van der Waals surface area contributed by atoms with E-state index in [0.29, 0.717) is 59.0 Å². The van der Waals surface area contributed by atoms with Crippen LogP contribution in [0.5, 0.6) is 0 Å². The molecule has 0 aliphatic carbocycles. The zero-order valence-corrected chi connectivity index (χ0v) is 29.6. The first-order valence-corrected chi connectivity index (χ1v) is 15.5. The van der Waals surface area contributed by atoms with Crippen molar-refractivity contribution in [1.29, 1.82) is 0 Å². The summed E-state index contributed by atoms with van der Waals surface area (Å²) in [6, 6.07) is 18.0. The Morgan fingerprint density at radius 2 is 1.63 bits per heavy atom. The van der Waals surface area contributed by atoms with Crippen LogP contribution in [0.3, 0.4) is 0 Å². The molecular formula is C35H47Cl2N5O4. The molecule has 1 aliphatic heterocycles. The minimum absolute atomic E-state index is 0. The van der Waals surface area contributed by atoms with Crippen molar-refractivity contribution in [3.05, 3.63) is 93.5 Å². The number of hydrogen-bond acceptors (Lipinski definition) is 5. The quantitative estimate of drug-likeness (QED) is 0.377. The summed E-state index contributed by atoms with van der Waals surface area (Å²) in [5.74, 6) is -0.372. The predicted octanol–water partition coefficient (Wildman–Crippen LogP) is 3.31. The lowest BCUT2D eigenvalue weighted by atomic mass is 10.0. The van der Waals surface area contributed by atoms with Gasteiger partial charge in [0.15, 0.2) is 0 Å². The second-order valence-electron chi connectivity index (χ2n) is 12.8. The summed E-state index contributed by atoms with van der Waals surface area (Å²) in [5.41, 5.74) is 4.72. The highest BCUT2D eigenvalue weighted by Gasteiger charge is 2.30. The number of quaternary nitrogens is 1. The Hall–Kier alpha value is -3.63. The first kappa shape index (κ1) is 38.6. The van der Waals surface area contributed by atoms with Crippen molar-refractivity contribution in [3.63, 3.8) is 0 Å². The van der Waals surface area contributed by atoms with Crippen molar-refractivity contribution >= 4 is 40.9 Å². The minimum atomic E-state index is -0.536. The third-order valence-corrected chi connectivity index (χ3v) is 7.36. The van der Waals surface area contributed by atoms with Gasteiger partial charge in [0, 0.05) is 33.9 Å². The van der Waals surface area contributed by atoms with Crippen LogP contribution in [0, 0.1) is 13.8 Å². The number of carbonyl (C=O) groups excluding carboxylic acids is 3. The number of nitrogens with one attached hydrogen (secondary N) is 2. The van der Waals surface area contributed by atoms with E-state index in [9.17, 15) is 14.4 Å². The van der Waals surface area contributed by atoms with Gasteiger partial charge in [-0.05, 0) is 101 Å². The van der Waals surface area contributed by atoms with Crippen molar-refractivity contribution in [2.45, 2.75) is 32.8 Å². The first-order valence-electron chi connectivity index (χ1n) is 15.1. The summed E-state index contributed by atoms with van der Waals surface area (Å²) in [6.45, 7) is 5.45. The van der Waals surface area contributed by atoms with Gasteiger partial charge < -0.3 is 42.1 Å². The predicted molar refractivity (Wildman–Crippen MR) is 182 cm³/mol. The number of hydrogen-bond donors (Lipinski definition) is 2. The maximum atomic E-state index is 13.9. The summed E-state index contributed by atoms with van der Waals surface area (Å²) in [6.07, 6.45) is 0.167. The molecule has 11 heteroatoms. The zero-order valence-electron chi connectivity index (χ0n) is 28.1. The van der Waals surface area contributed by atoms with E-state index in [1.54, 1.807) is 47.4 Å². The van der Waals surface area contributed by atoms with Crippen molar-refractivity contribution in [2.75, 3.05) is 72.1 Å². The minimum Gasteiger partial charge on any atom is -1.00 e. The molecule has 1 unspecified atom stereocenters. The van der Waals surface area contributed by atoms with Gasteiger partial charge in [0.2, 0.25) is 0 Å². The molecule has 3 amide bonds. The second kappa shape index (κ2) is 17.3. The number of aryl methyl sites for hydroxylation is 2. The molecule has 1 aliphatic rings. The maximum absolute atomic E-state index is 13.9. The van der Waals surface area contributed by atoms with E-state index >= 15 is 0 Å². The molecule has 0 radical (unpaired) electrons. The molecule has 4 rings (SSSR count). The summed E-state index contributed by atoms with van der Waals surface area (Å²) < 4.78 is 6.55. The van der Waals surface area contributed by atoms with Crippen molar-refractivity contribution in [2.24, 2.45) is 0 Å². The summed E-state index contributed by atoms with van der Waals surface area (Å²) >= 11 is 6.35. The highest BCUT2D eigenvalue weighted by Crippen LogP contribution is 2.38. The number of halogens is 2. The number of rotatable bonds is 7. The normalized spacial score (nSPS) is 14.1. The number of fused-ring (bicyclic) bond motifs is 1. The highest BCUT2D eigenvalue weighted by molar-refractivity contribution is 6.30. The molecular weight excluding hydrogens is 625 g/mol. The lowest BCUT2D eigenvalue weighted by Gasteiger charge is -2.26. The third kappa shape index (κ3) is 11.3. The number of alkyl carbamates (subject to hydrolysis) is 1. The van der Waals surface area contributed by atoms with E-state index in [4.69, 9.17) is 16.3 Å². The molecule has 1 heterocycles. The van der Waals surface area contributed by atoms with Crippen LogP contribution in [0.1, 0.15) is 56.4 Å². The van der Waals surface area contributed by atoms with Crippen LogP contribution in [0.4, 0.5) is 16.2 Å². The van der Waals surface area contributed by atoms with E-state index in [1.165, 1.54) is 0 Å². The summed E-state index contributed by atoms with van der Waals surface area (Å²) in [7, 11) is 12.2. The smallest absolute Gasteiger partial charge is 0.407 e. The van der Waals surface area contributed by atoms with Crippen LogP contribution in [0.25, 0.3) is 0 Å². The van der Waals surface area contributed by atoms with E-state index in [-0.39, 0.29) is 24.2 Å². The number of carbonyl (C=O) groups is 3. The molecule has 0 saturated carbocycles. The molecule has 0 spiro atoms. The topological polar surface area (TPSA) is 91.0 Å². The Labute approximate surface area is 284 Å². The van der Waals surface area contributed by atoms with Gasteiger partial charge in [-0.15, -0.1) is 0 Å². The Morgan fingerprint density at radius 3 is 2.26 bits per heavy atom. The first-order chi connectivity index (χ1) is 21.2. The lowest BCUT2D eigenvalue weighted by Crippen LogP contribution is -3.00. The number of amides is 3. The Morgan fingerprint density at radius 1 is 0.957 bits per heavy atom. The van der Waals surface area contributed by atoms with Gasteiger partial charge in [0.1, 0.15) is 6.10 Å². The number of ether oxygens (including phenoxy) is 1. The van der Waals surface area contributed by atoms with Gasteiger partial charge in [-0.1, -0.05) is 29.8 Å². The van der Waals surface area contributed by atoms with E-state index < -0.39 is 12.2 Å². The fourth-order valence-electron chi connectivity index (χ4n) is 4.89. The Kier molecular flexibility index (Phi) is 14.5. The van der Waals surface area contributed by atoms with Crippen LogP contribution in [-0.4, -0.2) is 89.2 Å². The van der Waals surface area contributed by atoms with E-state index in [0.717, 1.165) is 22.2 Å². The van der Waals surface area contributed by atoms with Gasteiger partial charge in [-0.2, -0.15) is 0 Å². The highest BCUT2D eigenvalue weighted by atomic mass is 35.5. The molecule has 250 valence electrons. The largest absolute Gasteiger partial charge is 1.00 e. The van der Waals surface area contributed by atoms with Crippen LogP contribution >= 0.6 is 11.6 Å². The van der Waals surface area contributed by atoms with E-state index in [2.05, 4.69) is 31.8 Å². The maximum Gasteiger partial charge on any atom is 0.407 e. The molecule has 2 N–H and O–H groups in total. The molecule has 0 saturated heterocycles. The fraction of sp³-hybridized carbons (Fsp3) is 0.400. The van der Waals surface area contributed by atoms with Crippen LogP contribution in [0.15, 0.2) is 60.7 Å². The average Bonchev–Trinajstić information content (AvgIpc) is 3.11. The number of benzene rings is 3.